The van der Waals surface area contributed by atoms with Crippen molar-refractivity contribution in [3.8, 4) is 0 Å². The fraction of sp³-hybridized carbons (Fsp3) is 0.455. The van der Waals surface area contributed by atoms with Gasteiger partial charge in [-0.15, -0.1) is 12.4 Å². The number of halogens is 4. The summed E-state index contributed by atoms with van der Waals surface area (Å²) >= 11 is 0. The number of nitrogens with two attached hydrogens (primary N) is 1. The number of hydrogen-bond donors (Lipinski definition) is 2. The Morgan fingerprint density at radius 3 is 2.41 bits per heavy atom. The average Bonchev–Trinajstić information content (AvgIpc) is 2.19. The first kappa shape index (κ1) is 16.2. The van der Waals surface area contributed by atoms with Crippen LogP contribution in [0.15, 0.2) is 18.2 Å². The van der Waals surface area contributed by atoms with Crippen LogP contribution >= 0.6 is 12.4 Å². The van der Waals surface area contributed by atoms with Crippen LogP contribution in [0.3, 0.4) is 0 Å². The van der Waals surface area contributed by atoms with E-state index in [0.717, 1.165) is 17.7 Å². The molecule has 2 nitrogen and oxygen atoms in total. The van der Waals surface area contributed by atoms with Gasteiger partial charge in [-0.3, -0.25) is 0 Å². The Bertz CT molecular complexity index is 368. The highest BCUT2D eigenvalue weighted by molar-refractivity contribution is 5.85. The van der Waals surface area contributed by atoms with E-state index >= 15 is 0 Å². The second-order valence-corrected chi connectivity index (χ2v) is 3.79. The van der Waals surface area contributed by atoms with Gasteiger partial charge >= 0.3 is 6.18 Å². The largest absolute Gasteiger partial charge is 0.416 e. The molecule has 0 heterocycles. The summed E-state index contributed by atoms with van der Waals surface area (Å²) in [6.45, 7) is 1.48. The fourth-order valence-electron chi connectivity index (χ4n) is 1.41. The molecule has 0 saturated heterocycles. The standard InChI is InChI=1S/C11H14F3NO.ClH/c1-7-2-3-9(11(12,13)14)4-8(7)5-10(15)6-16;/h2-4,10,16H,5-6,15H2,1H3;1H. The molecule has 0 aliphatic carbocycles. The normalized spacial score (nSPS) is 13.1. The first-order chi connectivity index (χ1) is 7.34. The molecule has 3 N–H and O–H groups in total. The molecule has 1 rings (SSSR count). The van der Waals surface area contributed by atoms with E-state index in [2.05, 4.69) is 0 Å². The molecule has 0 radical (unpaired) electrons. The average molecular weight is 270 g/mol. The van der Waals surface area contributed by atoms with E-state index in [1.165, 1.54) is 6.07 Å². The highest BCUT2D eigenvalue weighted by Gasteiger charge is 2.30. The summed E-state index contributed by atoms with van der Waals surface area (Å²) in [7, 11) is 0. The molecule has 1 aromatic carbocycles. The number of rotatable bonds is 3. The molecule has 0 saturated carbocycles. The summed E-state index contributed by atoms with van der Waals surface area (Å²) in [4.78, 5) is 0. The Labute approximate surface area is 104 Å². The van der Waals surface area contributed by atoms with Crippen molar-refractivity contribution in [2.24, 2.45) is 5.73 Å². The van der Waals surface area contributed by atoms with Crippen molar-refractivity contribution in [2.45, 2.75) is 25.6 Å². The number of aryl methyl sites for hydroxylation is 1. The zero-order valence-electron chi connectivity index (χ0n) is 9.29. The Morgan fingerprint density at radius 2 is 1.94 bits per heavy atom. The fourth-order valence-corrected chi connectivity index (χ4v) is 1.41. The van der Waals surface area contributed by atoms with Gasteiger partial charge in [-0.2, -0.15) is 13.2 Å². The van der Waals surface area contributed by atoms with Gasteiger partial charge in [0, 0.05) is 6.04 Å². The molecule has 98 valence electrons. The van der Waals surface area contributed by atoms with Crippen molar-refractivity contribution < 1.29 is 18.3 Å². The lowest BCUT2D eigenvalue weighted by Gasteiger charge is -2.13. The van der Waals surface area contributed by atoms with Gasteiger partial charge in [-0.05, 0) is 36.6 Å². The van der Waals surface area contributed by atoms with Crippen LogP contribution in [0.25, 0.3) is 0 Å². The number of alkyl halides is 3. The molecule has 0 bridgehead atoms. The molecule has 1 atom stereocenters. The van der Waals surface area contributed by atoms with Crippen molar-refractivity contribution in [3.05, 3.63) is 34.9 Å². The summed E-state index contributed by atoms with van der Waals surface area (Å²) in [5.74, 6) is 0. The van der Waals surface area contributed by atoms with Crippen LogP contribution in [0, 0.1) is 6.92 Å². The Kier molecular flexibility index (Phi) is 5.95. The zero-order chi connectivity index (χ0) is 12.3. The van der Waals surface area contributed by atoms with E-state index in [4.69, 9.17) is 10.8 Å². The first-order valence-electron chi connectivity index (χ1n) is 4.87. The Morgan fingerprint density at radius 1 is 1.35 bits per heavy atom. The predicted molar refractivity (Wildman–Crippen MR) is 62.2 cm³/mol. The number of hydrogen-bond acceptors (Lipinski definition) is 2. The van der Waals surface area contributed by atoms with E-state index in [9.17, 15) is 13.2 Å². The van der Waals surface area contributed by atoms with Gasteiger partial charge in [-0.25, -0.2) is 0 Å². The summed E-state index contributed by atoms with van der Waals surface area (Å²) in [5.41, 5.74) is 6.09. The van der Waals surface area contributed by atoms with E-state index in [1.807, 2.05) is 0 Å². The molecule has 0 amide bonds. The monoisotopic (exact) mass is 269 g/mol. The quantitative estimate of drug-likeness (QED) is 0.884. The SMILES string of the molecule is Cc1ccc(C(F)(F)F)cc1CC(N)CO.Cl. The van der Waals surface area contributed by atoms with Crippen molar-refractivity contribution in [1.82, 2.24) is 0 Å². The molecular weight excluding hydrogens is 255 g/mol. The van der Waals surface area contributed by atoms with Gasteiger partial charge in [0.15, 0.2) is 0 Å². The number of benzene rings is 1. The maximum absolute atomic E-state index is 12.4. The lowest BCUT2D eigenvalue weighted by atomic mass is 9.99. The zero-order valence-corrected chi connectivity index (χ0v) is 10.1. The van der Waals surface area contributed by atoms with E-state index in [1.54, 1.807) is 6.92 Å². The maximum atomic E-state index is 12.4. The first-order valence-corrected chi connectivity index (χ1v) is 4.87. The molecule has 0 aliphatic heterocycles. The summed E-state index contributed by atoms with van der Waals surface area (Å²) in [5, 5.41) is 8.77. The van der Waals surface area contributed by atoms with Crippen LogP contribution in [0.1, 0.15) is 16.7 Å². The minimum absolute atomic E-state index is 0. The number of aliphatic hydroxyl groups is 1. The maximum Gasteiger partial charge on any atom is 0.416 e. The van der Waals surface area contributed by atoms with E-state index in [0.29, 0.717) is 5.56 Å². The highest BCUT2D eigenvalue weighted by atomic mass is 35.5. The molecule has 0 aliphatic rings. The lowest BCUT2D eigenvalue weighted by molar-refractivity contribution is -0.137. The Hall–Kier alpha value is -0.780. The highest BCUT2D eigenvalue weighted by Crippen LogP contribution is 2.30. The van der Waals surface area contributed by atoms with Crippen LogP contribution in [0.4, 0.5) is 13.2 Å². The van der Waals surface area contributed by atoms with Crippen LogP contribution in [0.5, 0.6) is 0 Å². The van der Waals surface area contributed by atoms with Gasteiger partial charge in [0.2, 0.25) is 0 Å². The van der Waals surface area contributed by atoms with Crippen molar-refractivity contribution in [1.29, 1.82) is 0 Å². The van der Waals surface area contributed by atoms with Gasteiger partial charge in [0.05, 0.1) is 12.2 Å². The minimum Gasteiger partial charge on any atom is -0.395 e. The second kappa shape index (κ2) is 6.23. The minimum atomic E-state index is -4.34. The van der Waals surface area contributed by atoms with E-state index < -0.39 is 17.8 Å². The molecule has 0 aromatic heterocycles. The van der Waals surface area contributed by atoms with Crippen molar-refractivity contribution >= 4 is 12.4 Å². The smallest absolute Gasteiger partial charge is 0.395 e. The van der Waals surface area contributed by atoms with Gasteiger partial charge < -0.3 is 10.8 Å². The molecule has 1 aromatic rings. The van der Waals surface area contributed by atoms with Gasteiger partial charge in [-0.1, -0.05) is 6.07 Å². The van der Waals surface area contributed by atoms with Crippen LogP contribution < -0.4 is 5.73 Å². The topological polar surface area (TPSA) is 46.2 Å². The molecule has 0 fully saturated rings. The third kappa shape index (κ3) is 4.53. The van der Waals surface area contributed by atoms with Crippen LogP contribution in [-0.2, 0) is 12.6 Å². The molecule has 0 spiro atoms. The summed E-state index contributed by atoms with van der Waals surface area (Å²) < 4.78 is 37.3. The van der Waals surface area contributed by atoms with Gasteiger partial charge in [0.25, 0.3) is 0 Å². The third-order valence-corrected chi connectivity index (χ3v) is 2.39. The lowest BCUT2D eigenvalue weighted by Crippen LogP contribution is -2.27. The number of aliphatic hydroxyl groups excluding tert-OH is 1. The molecule has 6 heteroatoms. The Balaban J connectivity index is 0.00000256. The molecule has 17 heavy (non-hydrogen) atoms. The summed E-state index contributed by atoms with van der Waals surface area (Å²) in [6, 6.07) is 3.03. The van der Waals surface area contributed by atoms with Gasteiger partial charge in [0.1, 0.15) is 0 Å². The van der Waals surface area contributed by atoms with Crippen molar-refractivity contribution in [2.75, 3.05) is 6.61 Å². The van der Waals surface area contributed by atoms with Crippen molar-refractivity contribution in [3.63, 3.8) is 0 Å². The van der Waals surface area contributed by atoms with Crippen LogP contribution in [0.2, 0.25) is 0 Å². The van der Waals surface area contributed by atoms with Crippen LogP contribution in [-0.4, -0.2) is 17.8 Å². The molecular formula is C11H15ClF3NO. The third-order valence-electron chi connectivity index (χ3n) is 2.39. The predicted octanol–water partition coefficient (Wildman–Crippen LogP) is 2.30. The summed E-state index contributed by atoms with van der Waals surface area (Å²) in [6.07, 6.45) is -4.10. The second-order valence-electron chi connectivity index (χ2n) is 3.79. The van der Waals surface area contributed by atoms with E-state index in [-0.39, 0.29) is 25.4 Å². The molecule has 1 unspecified atom stereocenters.